The van der Waals surface area contributed by atoms with Crippen LogP contribution in [0, 0.1) is 16.6 Å². The van der Waals surface area contributed by atoms with Crippen molar-refractivity contribution in [2.24, 2.45) is 5.41 Å². The average molecular weight is 179 g/mol. The number of nitrogens with zero attached hydrogens (tertiary/aromatic N) is 1. The molecule has 2 rings (SSSR count). The van der Waals surface area contributed by atoms with E-state index in [2.05, 4.69) is 5.97 Å². The van der Waals surface area contributed by atoms with Gasteiger partial charge in [0, 0.05) is 18.7 Å². The zero-order chi connectivity index (χ0) is 9.31. The SMILES string of the molecule is N#CB1CC(O)CC2(CCOC2)C1. The Morgan fingerprint density at radius 1 is 1.62 bits per heavy atom. The second kappa shape index (κ2) is 3.32. The first kappa shape index (κ1) is 9.05. The van der Waals surface area contributed by atoms with E-state index >= 15 is 0 Å². The molecule has 0 aliphatic carbocycles. The van der Waals surface area contributed by atoms with Gasteiger partial charge in [0.25, 0.3) is 6.71 Å². The van der Waals surface area contributed by atoms with Crippen LogP contribution in [-0.4, -0.2) is 31.1 Å². The summed E-state index contributed by atoms with van der Waals surface area (Å²) in [5, 5.41) is 18.5. The molecule has 0 aromatic carbocycles. The fourth-order valence-corrected chi connectivity index (χ4v) is 2.67. The minimum Gasteiger partial charge on any atom is -0.394 e. The van der Waals surface area contributed by atoms with Crippen molar-refractivity contribution in [3.63, 3.8) is 0 Å². The number of hydrogen-bond donors (Lipinski definition) is 1. The van der Waals surface area contributed by atoms with Gasteiger partial charge in [-0.2, -0.15) is 0 Å². The molecule has 2 atom stereocenters. The molecule has 13 heavy (non-hydrogen) atoms. The smallest absolute Gasteiger partial charge is 0.271 e. The third-order valence-corrected chi connectivity index (χ3v) is 3.27. The van der Waals surface area contributed by atoms with Gasteiger partial charge in [-0.05, 0) is 24.6 Å². The minimum atomic E-state index is -0.292. The summed E-state index contributed by atoms with van der Waals surface area (Å²) >= 11 is 0. The van der Waals surface area contributed by atoms with Gasteiger partial charge in [0.05, 0.1) is 6.61 Å². The maximum absolute atomic E-state index is 9.63. The largest absolute Gasteiger partial charge is 0.394 e. The van der Waals surface area contributed by atoms with Crippen LogP contribution in [0.25, 0.3) is 0 Å². The van der Waals surface area contributed by atoms with Gasteiger partial charge in [-0.1, -0.05) is 6.32 Å². The van der Waals surface area contributed by atoms with Crippen LogP contribution in [-0.2, 0) is 4.74 Å². The molecule has 2 unspecified atom stereocenters. The summed E-state index contributed by atoms with van der Waals surface area (Å²) in [4.78, 5) is 0. The number of nitriles is 1. The fraction of sp³-hybridized carbons (Fsp3) is 0.889. The van der Waals surface area contributed by atoms with Crippen molar-refractivity contribution in [3.8, 4) is 5.97 Å². The van der Waals surface area contributed by atoms with Gasteiger partial charge < -0.3 is 9.84 Å². The monoisotopic (exact) mass is 179 g/mol. The van der Waals surface area contributed by atoms with Crippen LogP contribution < -0.4 is 0 Å². The summed E-state index contributed by atoms with van der Waals surface area (Å²) in [6.07, 6.45) is 3.12. The van der Waals surface area contributed by atoms with Crippen LogP contribution >= 0.6 is 0 Å². The third kappa shape index (κ3) is 1.72. The molecule has 0 amide bonds. The van der Waals surface area contributed by atoms with Crippen molar-refractivity contribution < 1.29 is 9.84 Å². The first-order valence-electron chi connectivity index (χ1n) is 4.90. The van der Waals surface area contributed by atoms with E-state index < -0.39 is 0 Å². The first-order valence-corrected chi connectivity index (χ1v) is 4.90. The van der Waals surface area contributed by atoms with Gasteiger partial charge in [0.2, 0.25) is 0 Å². The van der Waals surface area contributed by atoms with Crippen LogP contribution in [0.4, 0.5) is 0 Å². The van der Waals surface area contributed by atoms with Gasteiger partial charge in [0.15, 0.2) is 0 Å². The summed E-state index contributed by atoms with van der Waals surface area (Å²) in [5.41, 5.74) is 0.123. The van der Waals surface area contributed by atoms with Crippen molar-refractivity contribution in [2.75, 3.05) is 13.2 Å². The highest BCUT2D eigenvalue weighted by molar-refractivity contribution is 6.67. The summed E-state index contributed by atoms with van der Waals surface area (Å²) in [6, 6.07) is 0. The highest BCUT2D eigenvalue weighted by Crippen LogP contribution is 2.43. The molecule has 2 heterocycles. The molecule has 0 bridgehead atoms. The van der Waals surface area contributed by atoms with Gasteiger partial charge in [-0.25, -0.2) is 5.26 Å². The number of rotatable bonds is 0. The molecular weight excluding hydrogens is 165 g/mol. The quantitative estimate of drug-likeness (QED) is 0.557. The molecule has 0 aromatic heterocycles. The predicted octanol–water partition coefficient (Wildman–Crippen LogP) is 0.715. The Kier molecular flexibility index (Phi) is 2.31. The van der Waals surface area contributed by atoms with E-state index in [-0.39, 0.29) is 18.2 Å². The number of hydrogen-bond acceptors (Lipinski definition) is 3. The molecule has 2 aliphatic heterocycles. The summed E-state index contributed by atoms with van der Waals surface area (Å²) in [6.45, 7) is 1.57. The Labute approximate surface area is 78.8 Å². The van der Waals surface area contributed by atoms with Crippen LogP contribution in [0.5, 0.6) is 0 Å². The van der Waals surface area contributed by atoms with Crippen LogP contribution in [0.3, 0.4) is 0 Å². The Hall–Kier alpha value is -0.525. The molecule has 4 heteroatoms. The Balaban J connectivity index is 2.08. The lowest BCUT2D eigenvalue weighted by Crippen LogP contribution is -2.39. The van der Waals surface area contributed by atoms with Gasteiger partial charge in [-0.3, -0.25) is 0 Å². The molecule has 1 N–H and O–H groups in total. The van der Waals surface area contributed by atoms with E-state index in [1.54, 1.807) is 0 Å². The van der Waals surface area contributed by atoms with Crippen molar-refractivity contribution in [1.82, 2.24) is 0 Å². The van der Waals surface area contributed by atoms with E-state index in [1.165, 1.54) is 0 Å². The average Bonchev–Trinajstić information content (AvgIpc) is 2.51. The highest BCUT2D eigenvalue weighted by atomic mass is 16.5. The van der Waals surface area contributed by atoms with Crippen LogP contribution in [0.15, 0.2) is 0 Å². The zero-order valence-corrected chi connectivity index (χ0v) is 7.70. The van der Waals surface area contributed by atoms with E-state index in [1.807, 2.05) is 0 Å². The standard InChI is InChI=1S/C9H14BNO2/c11-7-10-4-8(12)3-9(5-10)1-2-13-6-9/h8,12H,1-6H2. The number of aliphatic hydroxyl groups excluding tert-OH is 1. The van der Waals surface area contributed by atoms with Crippen molar-refractivity contribution in [2.45, 2.75) is 31.6 Å². The van der Waals surface area contributed by atoms with Crippen LogP contribution in [0.1, 0.15) is 12.8 Å². The van der Waals surface area contributed by atoms with Crippen molar-refractivity contribution >= 4 is 6.71 Å². The molecular formula is C9H14BNO2. The normalized spacial score (nSPS) is 39.4. The molecule has 2 aliphatic rings. The number of aliphatic hydroxyl groups is 1. The Bertz CT molecular complexity index is 232. The lowest BCUT2D eigenvalue weighted by atomic mass is 9.37. The zero-order valence-electron chi connectivity index (χ0n) is 7.70. The summed E-state index contributed by atoms with van der Waals surface area (Å²) in [5.74, 6) is 2.27. The maximum Gasteiger partial charge on any atom is 0.271 e. The Morgan fingerprint density at radius 2 is 2.46 bits per heavy atom. The molecule has 0 saturated carbocycles. The second-order valence-electron chi connectivity index (χ2n) is 4.43. The first-order chi connectivity index (χ1) is 6.24. The summed E-state index contributed by atoms with van der Waals surface area (Å²) < 4.78 is 5.36. The molecule has 2 fully saturated rings. The molecule has 0 radical (unpaired) electrons. The summed E-state index contributed by atoms with van der Waals surface area (Å²) in [7, 11) is 0. The third-order valence-electron chi connectivity index (χ3n) is 3.27. The molecule has 1 spiro atoms. The lowest BCUT2D eigenvalue weighted by Gasteiger charge is -2.35. The second-order valence-corrected chi connectivity index (χ2v) is 4.43. The van der Waals surface area contributed by atoms with Crippen molar-refractivity contribution in [3.05, 3.63) is 0 Å². The predicted molar refractivity (Wildman–Crippen MR) is 49.5 cm³/mol. The maximum atomic E-state index is 9.63. The van der Waals surface area contributed by atoms with Crippen molar-refractivity contribution in [1.29, 1.82) is 5.26 Å². The Morgan fingerprint density at radius 3 is 3.08 bits per heavy atom. The van der Waals surface area contributed by atoms with Gasteiger partial charge in [-0.15, -0.1) is 0 Å². The molecule has 2 saturated heterocycles. The van der Waals surface area contributed by atoms with Crippen LogP contribution in [0.2, 0.25) is 12.6 Å². The van der Waals surface area contributed by atoms with E-state index in [0.717, 1.165) is 32.4 Å². The topological polar surface area (TPSA) is 53.2 Å². The molecule has 0 aromatic rings. The fourth-order valence-electron chi connectivity index (χ4n) is 2.67. The lowest BCUT2D eigenvalue weighted by molar-refractivity contribution is 0.0898. The molecule has 3 nitrogen and oxygen atoms in total. The van der Waals surface area contributed by atoms with E-state index in [4.69, 9.17) is 10.00 Å². The molecule has 70 valence electrons. The minimum absolute atomic E-state index is 0.0328. The number of ether oxygens (including phenoxy) is 1. The van der Waals surface area contributed by atoms with E-state index in [9.17, 15) is 5.11 Å². The van der Waals surface area contributed by atoms with E-state index in [0.29, 0.717) is 6.32 Å². The van der Waals surface area contributed by atoms with Gasteiger partial charge in [0.1, 0.15) is 0 Å². The highest BCUT2D eigenvalue weighted by Gasteiger charge is 2.44. The van der Waals surface area contributed by atoms with Gasteiger partial charge >= 0.3 is 0 Å².